The van der Waals surface area contributed by atoms with E-state index in [1.54, 1.807) is 0 Å². The molecule has 3 rings (SSSR count). The minimum absolute atomic E-state index is 0.00535. The van der Waals surface area contributed by atoms with Gasteiger partial charge in [0.1, 0.15) is 42.8 Å². The first-order valence-corrected chi connectivity index (χ1v) is 17.3. The van der Waals surface area contributed by atoms with Crippen LogP contribution in [-0.4, -0.2) is 131 Å². The topological polar surface area (TPSA) is 261 Å². The number of H-pyrrole nitrogens is 1. The summed E-state index contributed by atoms with van der Waals surface area (Å²) in [5.41, 5.74) is -1.30. The summed E-state index contributed by atoms with van der Waals surface area (Å²) in [6.45, 7) is 1.80. The zero-order valence-electron chi connectivity index (χ0n) is 26.9. The summed E-state index contributed by atoms with van der Waals surface area (Å²) in [7, 11) is -1.99. The number of amides is 1. The summed E-state index contributed by atoms with van der Waals surface area (Å²) in [6.07, 6.45) is -4.38. The third kappa shape index (κ3) is 11.4. The fraction of sp³-hybridized carbons (Fsp3) is 0.778. The number of unbranched alkanes of at least 4 members (excludes halogenated alkanes) is 1. The second-order valence-corrected chi connectivity index (χ2v) is 13.2. The third-order valence-corrected chi connectivity index (χ3v) is 9.06. The molecule has 0 aromatic carbocycles. The molecule has 19 nitrogen and oxygen atoms in total. The van der Waals surface area contributed by atoms with Crippen molar-refractivity contribution in [1.82, 2.24) is 25.5 Å². The van der Waals surface area contributed by atoms with Crippen LogP contribution >= 0.6 is 20.0 Å². The molecule has 2 saturated heterocycles. The van der Waals surface area contributed by atoms with Gasteiger partial charge in [0.15, 0.2) is 11.4 Å². The Morgan fingerprint density at radius 3 is 2.44 bits per heavy atom. The van der Waals surface area contributed by atoms with Crippen LogP contribution < -0.4 is 27.2 Å². The first-order valence-electron chi connectivity index (χ1n) is 15.4. The highest BCUT2D eigenvalue weighted by Gasteiger charge is 2.49. The van der Waals surface area contributed by atoms with E-state index in [4.69, 9.17) is 35.7 Å². The van der Waals surface area contributed by atoms with Crippen LogP contribution in [-0.2, 0) is 37.4 Å². The highest BCUT2D eigenvalue weighted by molar-refractivity contribution is 7.80. The van der Waals surface area contributed by atoms with E-state index >= 15 is 0 Å². The minimum atomic E-state index is -4.45. The van der Waals surface area contributed by atoms with E-state index in [-0.39, 0.29) is 13.2 Å². The second kappa shape index (κ2) is 19.2. The number of thiocarbonyl (C=S) groups is 1. The highest BCUT2D eigenvalue weighted by atomic mass is 32.1. The van der Waals surface area contributed by atoms with Gasteiger partial charge in [-0.2, -0.15) is 0 Å². The summed E-state index contributed by atoms with van der Waals surface area (Å²) in [6, 6.07) is 0.152. The number of phosphoric acid groups is 1. The molecule has 8 N–H and O–H groups in total. The van der Waals surface area contributed by atoms with Crippen LogP contribution in [0.5, 0.6) is 0 Å². The largest absolute Gasteiger partial charge is 0.472 e. The smallest absolute Gasteiger partial charge is 0.394 e. The fourth-order valence-corrected chi connectivity index (χ4v) is 6.38. The number of carbonyl (C=O) groups is 1. The molecule has 1 aromatic rings. The summed E-state index contributed by atoms with van der Waals surface area (Å²) in [5, 5.41) is 38.9. The lowest BCUT2D eigenvalue weighted by Crippen LogP contribution is -2.64. The Kier molecular flexibility index (Phi) is 16.0. The first kappa shape index (κ1) is 40.1. The van der Waals surface area contributed by atoms with Crippen LogP contribution in [0.1, 0.15) is 38.8 Å². The van der Waals surface area contributed by atoms with Gasteiger partial charge in [-0.1, -0.05) is 0 Å². The van der Waals surface area contributed by atoms with Gasteiger partial charge in [0.05, 0.1) is 13.2 Å². The van der Waals surface area contributed by atoms with Crippen LogP contribution in [0, 0.1) is 5.92 Å². The number of aromatic nitrogens is 2. The number of nitrogens with zero attached hydrogens (tertiary/aromatic N) is 1. The zero-order valence-corrected chi connectivity index (χ0v) is 28.6. The lowest BCUT2D eigenvalue weighted by atomic mass is 9.94. The molecule has 0 saturated carbocycles. The van der Waals surface area contributed by atoms with Crippen LogP contribution in [0.25, 0.3) is 0 Å². The van der Waals surface area contributed by atoms with Gasteiger partial charge in [0.2, 0.25) is 5.91 Å². The molecule has 2 aliphatic rings. The number of carbonyl (C=O) groups excluding carboxylic acids is 1. The van der Waals surface area contributed by atoms with E-state index in [0.29, 0.717) is 43.9 Å². The Hall–Kier alpha value is -2.33. The van der Waals surface area contributed by atoms with Gasteiger partial charge in [-0.3, -0.25) is 28.2 Å². The van der Waals surface area contributed by atoms with Crippen molar-refractivity contribution in [2.24, 2.45) is 5.92 Å². The molecule has 3 heterocycles. The van der Waals surface area contributed by atoms with Crippen molar-refractivity contribution in [1.29, 1.82) is 0 Å². The summed E-state index contributed by atoms with van der Waals surface area (Å²) in [5.74, 6) is -1.06. The number of methoxy groups -OCH3 is 1. The van der Waals surface area contributed by atoms with Gasteiger partial charge in [-0.25, -0.2) is 9.36 Å². The lowest BCUT2D eigenvalue weighted by Gasteiger charge is -2.42. The number of nitrogens with one attached hydrogen (secondary N) is 4. The SMILES string of the molecule is COC[C@H]1O[C@@H](n2ccc(=O)[nH]c2=O)C(CCCNC(=S)NCCCCO[C@@H]2O[C@H](CO)[C@H](O)[C@H](O)[C@H]2NC(C)=O)[C@H]1OP(=O)(O)OC. The van der Waals surface area contributed by atoms with Crippen molar-refractivity contribution < 1.29 is 57.6 Å². The van der Waals surface area contributed by atoms with Crippen LogP contribution in [0.3, 0.4) is 0 Å². The Morgan fingerprint density at radius 2 is 1.81 bits per heavy atom. The molecular weight excluding hydrogens is 681 g/mol. The Morgan fingerprint density at radius 1 is 1.10 bits per heavy atom. The van der Waals surface area contributed by atoms with Gasteiger partial charge in [0, 0.05) is 59.0 Å². The van der Waals surface area contributed by atoms with E-state index in [9.17, 15) is 39.2 Å². The van der Waals surface area contributed by atoms with Crippen molar-refractivity contribution in [3.05, 3.63) is 33.1 Å². The Balaban J connectivity index is 1.47. The van der Waals surface area contributed by atoms with E-state index in [1.165, 1.54) is 30.9 Å². The maximum Gasteiger partial charge on any atom is 0.472 e. The zero-order chi connectivity index (χ0) is 35.4. The van der Waals surface area contributed by atoms with Crippen LogP contribution in [0.15, 0.2) is 21.9 Å². The van der Waals surface area contributed by atoms with Gasteiger partial charge >= 0.3 is 13.5 Å². The maximum atomic E-state index is 12.6. The Labute approximate surface area is 281 Å². The summed E-state index contributed by atoms with van der Waals surface area (Å²) < 4.78 is 46.1. The average molecular weight is 728 g/mol. The van der Waals surface area contributed by atoms with E-state index in [0.717, 1.165) is 7.11 Å². The van der Waals surface area contributed by atoms with Crippen molar-refractivity contribution in [2.75, 3.05) is 47.1 Å². The molecule has 1 amide bonds. The maximum absolute atomic E-state index is 12.6. The third-order valence-electron chi connectivity index (χ3n) is 7.80. The van der Waals surface area contributed by atoms with E-state index in [1.807, 2.05) is 0 Å². The number of hydrogen-bond acceptors (Lipinski definition) is 14. The number of rotatable bonds is 18. The molecule has 274 valence electrons. The number of hydrogen-bond donors (Lipinski definition) is 8. The van der Waals surface area contributed by atoms with Crippen molar-refractivity contribution in [3.8, 4) is 0 Å². The van der Waals surface area contributed by atoms with Gasteiger partial charge in [-0.15, -0.1) is 0 Å². The number of aliphatic hydroxyl groups is 3. The van der Waals surface area contributed by atoms with Crippen molar-refractivity contribution in [3.63, 3.8) is 0 Å². The Bertz CT molecular complexity index is 1350. The second-order valence-electron chi connectivity index (χ2n) is 11.3. The molecule has 2 aliphatic heterocycles. The molecule has 21 heteroatoms. The lowest BCUT2D eigenvalue weighted by molar-refractivity contribution is -0.270. The fourth-order valence-electron chi connectivity index (χ4n) is 5.49. The molecule has 2 fully saturated rings. The monoisotopic (exact) mass is 727 g/mol. The summed E-state index contributed by atoms with van der Waals surface area (Å²) in [4.78, 5) is 48.0. The quantitative estimate of drug-likeness (QED) is 0.0454. The molecule has 0 aliphatic carbocycles. The molecule has 0 bridgehead atoms. The van der Waals surface area contributed by atoms with Crippen LogP contribution in [0.4, 0.5) is 0 Å². The molecular formula is C27H46N5O14PS. The summed E-state index contributed by atoms with van der Waals surface area (Å²) >= 11 is 5.36. The number of aromatic amines is 1. The number of phosphoric ester groups is 1. The van der Waals surface area contributed by atoms with E-state index in [2.05, 4.69) is 25.5 Å². The van der Waals surface area contributed by atoms with Gasteiger partial charge < -0.3 is 55.1 Å². The minimum Gasteiger partial charge on any atom is -0.394 e. The van der Waals surface area contributed by atoms with Gasteiger partial charge in [-0.05, 0) is 37.9 Å². The molecule has 0 radical (unpaired) electrons. The first-order chi connectivity index (χ1) is 22.8. The van der Waals surface area contributed by atoms with E-state index < -0.39 is 86.6 Å². The van der Waals surface area contributed by atoms with Crippen LogP contribution in [0.2, 0.25) is 0 Å². The standard InChI is InChI=1S/C27H46N5O14PS/c1-15(34)30-20-22(37)21(36)17(13-33)45-25(20)43-12-5-4-9-28-26(48)29-10-6-7-16-23(46-47(39,40)42-3)18(14-41-2)44-24(16)32-11-8-19(35)31-27(32)38/h8,11,16-18,20-25,33,36-37H,4-7,9-10,12-14H2,1-3H3,(H,30,34)(H,39,40)(H2,28,29,48)(H,31,35,38)/t16?,17-,18-,20-,21+,22-,23-,24-,25-/m1/s1. The molecule has 48 heavy (non-hydrogen) atoms. The van der Waals surface area contributed by atoms with Crippen molar-refractivity contribution >= 4 is 31.1 Å². The number of ether oxygens (including phenoxy) is 4. The average Bonchev–Trinajstić information content (AvgIpc) is 3.35. The van der Waals surface area contributed by atoms with Gasteiger partial charge in [0.25, 0.3) is 5.56 Å². The highest BCUT2D eigenvalue weighted by Crippen LogP contribution is 2.50. The number of aliphatic hydroxyl groups excluding tert-OH is 3. The molecule has 2 unspecified atom stereocenters. The normalized spacial score (nSPS) is 30.0. The molecule has 0 spiro atoms. The predicted molar refractivity (Wildman–Crippen MR) is 171 cm³/mol. The molecule has 10 atom stereocenters. The van der Waals surface area contributed by atoms with Crippen molar-refractivity contribution in [2.45, 2.75) is 81.7 Å². The predicted octanol–water partition coefficient (Wildman–Crippen LogP) is -2.19. The molecule has 1 aromatic heterocycles.